The topological polar surface area (TPSA) is 93.4 Å². The highest BCUT2D eigenvalue weighted by Gasteiger charge is 2.13. The Balaban J connectivity index is 2.12. The van der Waals surface area contributed by atoms with Crippen LogP contribution in [0.5, 0.6) is 0 Å². The van der Waals surface area contributed by atoms with E-state index in [9.17, 15) is 0 Å². The number of aromatic nitrogens is 4. The molecule has 108 valence electrons. The first-order valence-corrected chi connectivity index (χ1v) is 6.75. The molecule has 0 saturated heterocycles. The molecule has 6 nitrogen and oxygen atoms in total. The molecule has 0 atom stereocenters. The Bertz CT molecular complexity index is 871. The van der Waals surface area contributed by atoms with Crippen LogP contribution in [0.3, 0.4) is 0 Å². The summed E-state index contributed by atoms with van der Waals surface area (Å²) in [7, 11) is 0. The van der Waals surface area contributed by atoms with Crippen LogP contribution in [-0.4, -0.2) is 19.7 Å². The quantitative estimate of drug-likeness (QED) is 0.782. The number of nitrogen functional groups attached to an aromatic ring is 1. The lowest BCUT2D eigenvalue weighted by molar-refractivity contribution is 0.812. The van der Waals surface area contributed by atoms with Gasteiger partial charge in [0.2, 0.25) is 0 Å². The number of nitriles is 1. The van der Waals surface area contributed by atoms with Crippen LogP contribution in [0, 0.1) is 25.2 Å². The van der Waals surface area contributed by atoms with Gasteiger partial charge in [-0.3, -0.25) is 0 Å². The molecule has 0 bridgehead atoms. The van der Waals surface area contributed by atoms with Crippen LogP contribution in [0.1, 0.15) is 16.8 Å². The number of rotatable bonds is 2. The first-order chi connectivity index (χ1) is 10.6. The number of nitrogens with two attached hydrogens (primary N) is 1. The van der Waals surface area contributed by atoms with Crippen molar-refractivity contribution in [3.05, 3.63) is 53.3 Å². The van der Waals surface area contributed by atoms with Gasteiger partial charge in [-0.05, 0) is 19.9 Å². The zero-order chi connectivity index (χ0) is 15.7. The molecule has 3 rings (SSSR count). The number of anilines is 1. The van der Waals surface area contributed by atoms with E-state index in [1.807, 2.05) is 50.2 Å². The van der Waals surface area contributed by atoms with Crippen molar-refractivity contribution in [2.45, 2.75) is 13.8 Å². The summed E-state index contributed by atoms with van der Waals surface area (Å²) in [5, 5.41) is 13.1. The van der Waals surface area contributed by atoms with Gasteiger partial charge in [0.15, 0.2) is 0 Å². The van der Waals surface area contributed by atoms with Gasteiger partial charge in [-0.2, -0.15) is 15.0 Å². The van der Waals surface area contributed by atoms with E-state index >= 15 is 0 Å². The molecule has 0 aliphatic heterocycles. The largest absolute Gasteiger partial charge is 0.382 e. The number of hydrogen-bond donors (Lipinski definition) is 1. The van der Waals surface area contributed by atoms with Crippen molar-refractivity contribution in [3.63, 3.8) is 0 Å². The fourth-order valence-electron chi connectivity index (χ4n) is 2.12. The van der Waals surface area contributed by atoms with Crippen molar-refractivity contribution in [1.82, 2.24) is 19.7 Å². The van der Waals surface area contributed by atoms with E-state index in [1.54, 1.807) is 0 Å². The molecule has 2 heterocycles. The monoisotopic (exact) mass is 290 g/mol. The molecule has 2 aromatic heterocycles. The summed E-state index contributed by atoms with van der Waals surface area (Å²) in [5.41, 5.74) is 9.97. The summed E-state index contributed by atoms with van der Waals surface area (Å²) < 4.78 is 1.38. The average Bonchev–Trinajstić information content (AvgIpc) is 2.88. The van der Waals surface area contributed by atoms with Gasteiger partial charge in [0, 0.05) is 11.3 Å². The number of nitrogens with zero attached hydrogens (tertiary/aromatic N) is 5. The second kappa shape index (κ2) is 5.30. The average molecular weight is 290 g/mol. The predicted molar refractivity (Wildman–Crippen MR) is 83.2 cm³/mol. The number of aryl methyl sites for hydroxylation is 2. The lowest BCUT2D eigenvalue weighted by Crippen LogP contribution is -2.08. The Morgan fingerprint density at radius 3 is 2.50 bits per heavy atom. The molecule has 0 radical (unpaired) electrons. The van der Waals surface area contributed by atoms with E-state index in [-0.39, 0.29) is 5.82 Å². The van der Waals surface area contributed by atoms with E-state index in [1.165, 1.54) is 16.4 Å². The van der Waals surface area contributed by atoms with Gasteiger partial charge >= 0.3 is 0 Å². The maximum Gasteiger partial charge on any atom is 0.253 e. The highest BCUT2D eigenvalue weighted by atomic mass is 15.4. The molecule has 2 N–H and O–H groups in total. The maximum atomic E-state index is 8.97. The molecular formula is C16H14N6. The minimum atomic E-state index is 0.239. The highest BCUT2D eigenvalue weighted by molar-refractivity contribution is 5.61. The van der Waals surface area contributed by atoms with Crippen molar-refractivity contribution in [3.8, 4) is 23.3 Å². The molecule has 0 amide bonds. The van der Waals surface area contributed by atoms with E-state index < -0.39 is 0 Å². The Morgan fingerprint density at radius 2 is 1.86 bits per heavy atom. The third-order valence-corrected chi connectivity index (χ3v) is 3.31. The Hall–Kier alpha value is -3.20. The van der Waals surface area contributed by atoms with Crippen LogP contribution < -0.4 is 5.73 Å². The summed E-state index contributed by atoms with van der Waals surface area (Å²) in [4.78, 5) is 8.87. The molecule has 0 aliphatic rings. The first-order valence-electron chi connectivity index (χ1n) is 6.75. The Morgan fingerprint density at radius 1 is 1.14 bits per heavy atom. The smallest absolute Gasteiger partial charge is 0.253 e. The van der Waals surface area contributed by atoms with Crippen LogP contribution in [0.2, 0.25) is 0 Å². The van der Waals surface area contributed by atoms with Gasteiger partial charge in [0.05, 0.1) is 11.9 Å². The summed E-state index contributed by atoms with van der Waals surface area (Å²) in [5.74, 6) is 0.595. The molecule has 0 fully saturated rings. The summed E-state index contributed by atoms with van der Waals surface area (Å²) >= 11 is 0. The zero-order valence-corrected chi connectivity index (χ0v) is 12.3. The van der Waals surface area contributed by atoms with Crippen LogP contribution in [-0.2, 0) is 0 Å². The molecule has 22 heavy (non-hydrogen) atoms. The molecule has 6 heteroatoms. The summed E-state index contributed by atoms with van der Waals surface area (Å²) in [6.45, 7) is 3.92. The first kappa shape index (κ1) is 13.8. The highest BCUT2D eigenvalue weighted by Crippen LogP contribution is 2.21. The van der Waals surface area contributed by atoms with E-state index in [2.05, 4.69) is 15.1 Å². The van der Waals surface area contributed by atoms with Gasteiger partial charge in [-0.25, -0.2) is 9.97 Å². The zero-order valence-electron chi connectivity index (χ0n) is 12.3. The number of hydrogen-bond acceptors (Lipinski definition) is 5. The molecule has 0 saturated carbocycles. The maximum absolute atomic E-state index is 8.97. The number of benzene rings is 1. The van der Waals surface area contributed by atoms with Crippen molar-refractivity contribution in [2.75, 3.05) is 5.73 Å². The SMILES string of the molecule is Cc1ccc(-c2cc(C)nc(-n3ncc(C#N)c3N)n2)cc1. The van der Waals surface area contributed by atoms with E-state index in [0.717, 1.165) is 17.0 Å². The predicted octanol–water partition coefficient (Wildman–Crippen LogP) is 2.40. The van der Waals surface area contributed by atoms with Gasteiger partial charge < -0.3 is 5.73 Å². The van der Waals surface area contributed by atoms with Crippen LogP contribution in [0.15, 0.2) is 36.5 Å². The standard InChI is InChI=1S/C16H14N6/c1-10-3-5-12(6-4-10)14-7-11(2)20-16(21-14)22-15(18)13(8-17)9-19-22/h3-7,9H,18H2,1-2H3. The van der Waals surface area contributed by atoms with Crippen molar-refractivity contribution < 1.29 is 0 Å². The minimum absolute atomic E-state index is 0.239. The summed E-state index contributed by atoms with van der Waals surface area (Å²) in [6, 6.07) is 12.0. The normalized spacial score (nSPS) is 10.4. The molecule has 0 aliphatic carbocycles. The van der Waals surface area contributed by atoms with Crippen molar-refractivity contribution in [2.24, 2.45) is 0 Å². The van der Waals surface area contributed by atoms with Crippen LogP contribution in [0.4, 0.5) is 5.82 Å². The van der Waals surface area contributed by atoms with Gasteiger partial charge in [-0.1, -0.05) is 29.8 Å². The van der Waals surface area contributed by atoms with Crippen LogP contribution in [0.25, 0.3) is 17.2 Å². The Labute approximate surface area is 127 Å². The lowest BCUT2D eigenvalue weighted by atomic mass is 10.1. The molecule has 1 aromatic carbocycles. The van der Waals surface area contributed by atoms with Gasteiger partial charge in [0.25, 0.3) is 5.95 Å². The fourth-order valence-corrected chi connectivity index (χ4v) is 2.12. The molecular weight excluding hydrogens is 276 g/mol. The molecule has 3 aromatic rings. The van der Waals surface area contributed by atoms with Crippen LogP contribution >= 0.6 is 0 Å². The van der Waals surface area contributed by atoms with E-state index in [4.69, 9.17) is 11.0 Å². The van der Waals surface area contributed by atoms with E-state index in [0.29, 0.717) is 11.5 Å². The fraction of sp³-hybridized carbons (Fsp3) is 0.125. The van der Waals surface area contributed by atoms with Crippen molar-refractivity contribution in [1.29, 1.82) is 5.26 Å². The third-order valence-electron chi connectivity index (χ3n) is 3.31. The molecule has 0 unspecified atom stereocenters. The summed E-state index contributed by atoms with van der Waals surface area (Å²) in [6.07, 6.45) is 1.41. The van der Waals surface area contributed by atoms with Gasteiger partial charge in [0.1, 0.15) is 17.5 Å². The van der Waals surface area contributed by atoms with Crippen molar-refractivity contribution >= 4 is 5.82 Å². The Kier molecular flexibility index (Phi) is 3.31. The van der Waals surface area contributed by atoms with Gasteiger partial charge in [-0.15, -0.1) is 0 Å². The lowest BCUT2D eigenvalue weighted by Gasteiger charge is -2.07. The molecule has 0 spiro atoms. The second-order valence-electron chi connectivity index (χ2n) is 5.03. The minimum Gasteiger partial charge on any atom is -0.382 e. The second-order valence-corrected chi connectivity index (χ2v) is 5.03. The third kappa shape index (κ3) is 2.40.